The number of carbonyl (C=O) groups excluding carboxylic acids is 2. The predicted molar refractivity (Wildman–Crippen MR) is 111 cm³/mol. The molecule has 0 bridgehead atoms. The van der Waals surface area contributed by atoms with Crippen molar-refractivity contribution in [2.24, 2.45) is 0 Å². The minimum Gasteiger partial charge on any atom is -0.455 e. The lowest BCUT2D eigenvalue weighted by molar-refractivity contribution is -0.215. The molecule has 0 radical (unpaired) electrons. The highest BCUT2D eigenvalue weighted by molar-refractivity contribution is 5.99. The van der Waals surface area contributed by atoms with Gasteiger partial charge in [-0.2, -0.15) is 0 Å². The number of amides is 1. The zero-order valence-electron chi connectivity index (χ0n) is 17.9. The Labute approximate surface area is 185 Å². The molecule has 3 heterocycles. The third-order valence-corrected chi connectivity index (χ3v) is 5.90. The molecule has 3 aliphatic rings. The van der Waals surface area contributed by atoms with Gasteiger partial charge in [0.1, 0.15) is 6.10 Å². The number of nitrogens with one attached hydrogen (secondary N) is 1. The van der Waals surface area contributed by atoms with Crippen LogP contribution in [0.1, 0.15) is 29.8 Å². The highest BCUT2D eigenvalue weighted by Gasteiger charge is 2.70. The lowest BCUT2D eigenvalue weighted by Gasteiger charge is -2.31. The van der Waals surface area contributed by atoms with E-state index in [-0.39, 0.29) is 13.2 Å². The molecule has 0 aromatic heterocycles. The van der Waals surface area contributed by atoms with Gasteiger partial charge in [0.05, 0.1) is 13.2 Å². The van der Waals surface area contributed by atoms with E-state index in [0.717, 1.165) is 5.56 Å². The van der Waals surface area contributed by atoms with Gasteiger partial charge in [0.25, 0.3) is 5.91 Å². The molecule has 8 heteroatoms. The molecule has 5 rings (SSSR count). The first-order valence-electron chi connectivity index (χ1n) is 10.6. The monoisotopic (exact) mass is 439 g/mol. The van der Waals surface area contributed by atoms with Crippen LogP contribution in [-0.2, 0) is 35.1 Å². The summed E-state index contributed by atoms with van der Waals surface area (Å²) in [4.78, 5) is 26.2. The Bertz CT molecular complexity index is 996. The van der Waals surface area contributed by atoms with Crippen molar-refractivity contribution in [3.05, 3.63) is 71.8 Å². The number of hydrogen-bond donors (Lipinski definition) is 1. The van der Waals surface area contributed by atoms with E-state index < -0.39 is 47.8 Å². The zero-order chi connectivity index (χ0) is 22.3. The fraction of sp³-hybridized carbons (Fsp3) is 0.417. The molecule has 32 heavy (non-hydrogen) atoms. The molecular weight excluding hydrogens is 414 g/mol. The summed E-state index contributed by atoms with van der Waals surface area (Å²) >= 11 is 0. The molecule has 3 aliphatic heterocycles. The quantitative estimate of drug-likeness (QED) is 0.690. The summed E-state index contributed by atoms with van der Waals surface area (Å²) in [5.41, 5.74) is -0.177. The maximum absolute atomic E-state index is 13.2. The normalized spacial score (nSPS) is 32.2. The van der Waals surface area contributed by atoms with Gasteiger partial charge in [-0.05, 0) is 31.5 Å². The number of esters is 1. The summed E-state index contributed by atoms with van der Waals surface area (Å²) in [6.45, 7) is 3.69. The van der Waals surface area contributed by atoms with Crippen molar-refractivity contribution in [3.8, 4) is 0 Å². The Hall–Kier alpha value is -2.78. The number of rotatable bonds is 6. The average molecular weight is 439 g/mol. The van der Waals surface area contributed by atoms with Crippen molar-refractivity contribution < 1.29 is 33.3 Å². The highest BCUT2D eigenvalue weighted by Crippen LogP contribution is 2.45. The number of ether oxygens (including phenoxy) is 5. The summed E-state index contributed by atoms with van der Waals surface area (Å²) < 4.78 is 29.4. The number of benzene rings is 2. The summed E-state index contributed by atoms with van der Waals surface area (Å²) in [7, 11) is 0. The molecule has 1 amide bonds. The van der Waals surface area contributed by atoms with Gasteiger partial charge in [-0.1, -0.05) is 48.5 Å². The van der Waals surface area contributed by atoms with Gasteiger partial charge in [-0.15, -0.1) is 0 Å². The summed E-state index contributed by atoms with van der Waals surface area (Å²) in [5.74, 6) is -1.89. The van der Waals surface area contributed by atoms with Gasteiger partial charge in [-0.3, -0.25) is 4.79 Å². The van der Waals surface area contributed by atoms with Crippen LogP contribution in [0.2, 0.25) is 0 Å². The van der Waals surface area contributed by atoms with Gasteiger partial charge >= 0.3 is 5.97 Å². The van der Waals surface area contributed by atoms with Gasteiger partial charge in [-0.25, -0.2) is 4.79 Å². The van der Waals surface area contributed by atoms with Crippen LogP contribution in [-0.4, -0.2) is 54.4 Å². The number of hydrogen-bond acceptors (Lipinski definition) is 7. The van der Waals surface area contributed by atoms with Crippen LogP contribution in [0.15, 0.2) is 60.7 Å². The maximum atomic E-state index is 13.2. The second-order valence-corrected chi connectivity index (χ2v) is 8.67. The molecule has 0 unspecified atom stereocenters. The topological polar surface area (TPSA) is 92.3 Å². The molecule has 0 saturated carbocycles. The van der Waals surface area contributed by atoms with Crippen LogP contribution in [0.3, 0.4) is 0 Å². The summed E-state index contributed by atoms with van der Waals surface area (Å²) in [6, 6.07) is 18.2. The minimum atomic E-state index is -1.53. The average Bonchev–Trinajstić information content (AvgIpc) is 3.35. The van der Waals surface area contributed by atoms with Crippen molar-refractivity contribution in [3.63, 3.8) is 0 Å². The van der Waals surface area contributed by atoms with Crippen molar-refractivity contribution in [1.82, 2.24) is 5.32 Å². The van der Waals surface area contributed by atoms with Crippen molar-refractivity contribution in [1.29, 1.82) is 0 Å². The van der Waals surface area contributed by atoms with E-state index in [1.54, 1.807) is 38.1 Å². The van der Waals surface area contributed by atoms with Crippen LogP contribution < -0.4 is 5.32 Å². The largest absolute Gasteiger partial charge is 0.455 e. The van der Waals surface area contributed by atoms with E-state index in [2.05, 4.69) is 5.32 Å². The first-order valence-corrected chi connectivity index (χ1v) is 10.6. The third kappa shape index (κ3) is 3.69. The van der Waals surface area contributed by atoms with Crippen LogP contribution in [0, 0.1) is 0 Å². The summed E-state index contributed by atoms with van der Waals surface area (Å²) in [5, 5.41) is 2.85. The molecule has 8 nitrogen and oxygen atoms in total. The Morgan fingerprint density at radius 2 is 1.69 bits per heavy atom. The van der Waals surface area contributed by atoms with Crippen molar-refractivity contribution in [2.45, 2.75) is 56.4 Å². The van der Waals surface area contributed by atoms with Gasteiger partial charge in [0.15, 0.2) is 29.8 Å². The predicted octanol–water partition coefficient (Wildman–Crippen LogP) is 2.17. The molecule has 3 saturated heterocycles. The van der Waals surface area contributed by atoms with E-state index in [0.29, 0.717) is 5.56 Å². The zero-order valence-corrected chi connectivity index (χ0v) is 17.9. The number of carbonyl (C=O) groups is 2. The van der Waals surface area contributed by atoms with Crippen molar-refractivity contribution >= 4 is 11.9 Å². The molecule has 0 spiro atoms. The lowest BCUT2D eigenvalue weighted by atomic mass is 9.91. The van der Waals surface area contributed by atoms with Crippen LogP contribution in [0.5, 0.6) is 0 Å². The Morgan fingerprint density at radius 1 is 1.00 bits per heavy atom. The molecular formula is C24H25NO7. The first kappa shape index (κ1) is 21.1. The molecule has 3 fully saturated rings. The van der Waals surface area contributed by atoms with E-state index in [1.807, 2.05) is 36.4 Å². The van der Waals surface area contributed by atoms with Crippen LogP contribution in [0.25, 0.3) is 0 Å². The Morgan fingerprint density at radius 3 is 2.41 bits per heavy atom. The second-order valence-electron chi connectivity index (χ2n) is 8.67. The standard InChI is InChI=1S/C24H25NO7/c1-23(2)31-18-17-19(30-21(18)32-23)24(22(27)29-17,14-28-13-15-9-5-3-6-10-15)25-20(26)16-11-7-4-8-12-16/h3-12,17-19,21H,13-14H2,1-2H3,(H,25,26)/t17-,18-,19+,21-,24+/m1/s1. The molecule has 2 aromatic rings. The van der Waals surface area contributed by atoms with Crippen molar-refractivity contribution in [2.75, 3.05) is 6.61 Å². The molecule has 0 aliphatic carbocycles. The first-order chi connectivity index (χ1) is 15.4. The lowest BCUT2D eigenvalue weighted by Crippen LogP contribution is -2.62. The SMILES string of the molecule is CC1(C)O[C@H]2O[C@H]3[C@H](OC(=O)[C@@]3(COCc3ccccc3)NC(=O)c3ccccc3)[C@H]2O1. The molecule has 5 atom stereocenters. The van der Waals surface area contributed by atoms with E-state index in [9.17, 15) is 9.59 Å². The van der Waals surface area contributed by atoms with Crippen LogP contribution >= 0.6 is 0 Å². The van der Waals surface area contributed by atoms with E-state index in [1.165, 1.54) is 0 Å². The summed E-state index contributed by atoms with van der Waals surface area (Å²) in [6.07, 6.45) is -2.81. The third-order valence-electron chi connectivity index (χ3n) is 5.90. The molecule has 2 aromatic carbocycles. The smallest absolute Gasteiger partial charge is 0.337 e. The Balaban J connectivity index is 1.40. The van der Waals surface area contributed by atoms with E-state index in [4.69, 9.17) is 23.7 Å². The van der Waals surface area contributed by atoms with Gasteiger partial charge < -0.3 is 29.0 Å². The highest BCUT2D eigenvalue weighted by atomic mass is 16.8. The van der Waals surface area contributed by atoms with Gasteiger partial charge in [0, 0.05) is 5.56 Å². The maximum Gasteiger partial charge on any atom is 0.337 e. The molecule has 168 valence electrons. The fourth-order valence-electron chi connectivity index (χ4n) is 4.42. The van der Waals surface area contributed by atoms with E-state index >= 15 is 0 Å². The second kappa shape index (κ2) is 7.97. The Kier molecular flexibility index (Phi) is 5.25. The number of fused-ring (bicyclic) bond motifs is 3. The van der Waals surface area contributed by atoms with Crippen LogP contribution in [0.4, 0.5) is 0 Å². The fourth-order valence-corrected chi connectivity index (χ4v) is 4.42. The minimum absolute atomic E-state index is 0.122. The molecule has 1 N–H and O–H groups in total. The van der Waals surface area contributed by atoms with Gasteiger partial charge in [0.2, 0.25) is 0 Å².